The molecule has 0 heterocycles. The van der Waals surface area contributed by atoms with Crippen LogP contribution < -0.4 is 10.6 Å². The van der Waals surface area contributed by atoms with Gasteiger partial charge in [0.15, 0.2) is 0 Å². The molecule has 5 nitrogen and oxygen atoms in total. The lowest BCUT2D eigenvalue weighted by Gasteiger charge is -2.22. The molecule has 0 spiro atoms. The maximum Gasteiger partial charge on any atom is 0.323 e. The summed E-state index contributed by atoms with van der Waals surface area (Å²) in [5.41, 5.74) is 5.89. The van der Waals surface area contributed by atoms with Gasteiger partial charge in [-0.15, -0.1) is 6.42 Å². The van der Waals surface area contributed by atoms with E-state index >= 15 is 0 Å². The minimum atomic E-state index is -1.04. The molecule has 0 bridgehead atoms. The van der Waals surface area contributed by atoms with Crippen LogP contribution in [-0.4, -0.2) is 30.1 Å². The third-order valence-electron chi connectivity index (χ3n) is 2.17. The number of carbonyl (C=O) groups is 2. The average Bonchev–Trinajstić information content (AvgIpc) is 2.27. The molecular formula is C12H11BrN2O3. The number of benzene rings is 1. The van der Waals surface area contributed by atoms with Gasteiger partial charge in [-0.3, -0.25) is 9.59 Å². The van der Waals surface area contributed by atoms with Crippen molar-refractivity contribution in [3.8, 4) is 12.3 Å². The van der Waals surface area contributed by atoms with Crippen molar-refractivity contribution in [3.63, 3.8) is 0 Å². The molecule has 0 saturated heterocycles. The van der Waals surface area contributed by atoms with Crippen LogP contribution in [0.3, 0.4) is 0 Å². The Kier molecular flexibility index (Phi) is 4.75. The Bertz CT molecular complexity index is 523. The zero-order valence-corrected chi connectivity index (χ0v) is 11.0. The highest BCUT2D eigenvalue weighted by molar-refractivity contribution is 9.10. The lowest BCUT2D eigenvalue weighted by atomic mass is 10.1. The van der Waals surface area contributed by atoms with Crippen molar-refractivity contribution >= 4 is 33.5 Å². The summed E-state index contributed by atoms with van der Waals surface area (Å²) >= 11 is 3.22. The highest BCUT2D eigenvalue weighted by atomic mass is 79.9. The number of nitrogens with zero attached hydrogens (tertiary/aromatic N) is 1. The topological polar surface area (TPSA) is 83.6 Å². The minimum Gasteiger partial charge on any atom is -0.480 e. The largest absolute Gasteiger partial charge is 0.480 e. The first kappa shape index (κ1) is 14.1. The molecular weight excluding hydrogens is 300 g/mol. The van der Waals surface area contributed by atoms with Crippen molar-refractivity contribution in [3.05, 3.63) is 28.2 Å². The number of anilines is 1. The monoisotopic (exact) mass is 310 g/mol. The zero-order chi connectivity index (χ0) is 13.7. The van der Waals surface area contributed by atoms with Gasteiger partial charge in [0.25, 0.3) is 5.91 Å². The fourth-order valence-electron chi connectivity index (χ4n) is 1.48. The van der Waals surface area contributed by atoms with Crippen LogP contribution in [0.25, 0.3) is 0 Å². The molecule has 0 unspecified atom stereocenters. The van der Waals surface area contributed by atoms with Gasteiger partial charge in [-0.05, 0) is 18.2 Å². The standard InChI is InChI=1S/C12H11BrN2O3/c1-2-5-15(7-11(16)17)10-4-3-8(13)6-9(10)12(14)18/h1,3-4,6H,5,7H2,(H2,14,18)(H,16,17). The lowest BCUT2D eigenvalue weighted by Crippen LogP contribution is -2.32. The Morgan fingerprint density at radius 3 is 2.67 bits per heavy atom. The van der Waals surface area contributed by atoms with Gasteiger partial charge in [0.2, 0.25) is 0 Å². The van der Waals surface area contributed by atoms with Gasteiger partial charge < -0.3 is 15.7 Å². The summed E-state index contributed by atoms with van der Waals surface area (Å²) in [5.74, 6) is 0.673. The van der Waals surface area contributed by atoms with Crippen LogP contribution >= 0.6 is 15.9 Å². The number of carbonyl (C=O) groups excluding carboxylic acids is 1. The Hall–Kier alpha value is -2.00. The quantitative estimate of drug-likeness (QED) is 0.797. The van der Waals surface area contributed by atoms with E-state index in [1.54, 1.807) is 12.1 Å². The summed E-state index contributed by atoms with van der Waals surface area (Å²) in [5, 5.41) is 8.82. The second-order valence-electron chi connectivity index (χ2n) is 3.48. The van der Waals surface area contributed by atoms with Gasteiger partial charge in [-0.1, -0.05) is 21.9 Å². The summed E-state index contributed by atoms with van der Waals surface area (Å²) in [6.45, 7) is -0.222. The SMILES string of the molecule is C#CCN(CC(=O)O)c1ccc(Br)cc1C(N)=O. The zero-order valence-electron chi connectivity index (χ0n) is 9.39. The predicted octanol–water partition coefficient (Wildman–Crippen LogP) is 1.07. The molecule has 0 fully saturated rings. The molecule has 94 valence electrons. The van der Waals surface area contributed by atoms with Gasteiger partial charge in [-0.2, -0.15) is 0 Å². The molecule has 1 aromatic carbocycles. The van der Waals surface area contributed by atoms with Crippen LogP contribution in [0.2, 0.25) is 0 Å². The Labute approximate surface area is 113 Å². The number of nitrogens with two attached hydrogens (primary N) is 1. The molecule has 0 aromatic heterocycles. The number of hydrogen-bond donors (Lipinski definition) is 2. The van der Waals surface area contributed by atoms with E-state index in [0.29, 0.717) is 10.2 Å². The molecule has 0 aliphatic carbocycles. The average molecular weight is 311 g/mol. The molecule has 3 N–H and O–H groups in total. The Morgan fingerprint density at radius 2 is 2.17 bits per heavy atom. The fraction of sp³-hybridized carbons (Fsp3) is 0.167. The van der Waals surface area contributed by atoms with Crippen molar-refractivity contribution in [2.24, 2.45) is 5.73 Å². The van der Waals surface area contributed by atoms with E-state index in [1.807, 2.05) is 0 Å². The predicted molar refractivity (Wildman–Crippen MR) is 71.3 cm³/mol. The summed E-state index contributed by atoms with van der Waals surface area (Å²) in [6.07, 6.45) is 5.19. The van der Waals surface area contributed by atoms with E-state index in [9.17, 15) is 9.59 Å². The summed E-state index contributed by atoms with van der Waals surface area (Å²) in [6, 6.07) is 4.82. The summed E-state index contributed by atoms with van der Waals surface area (Å²) in [4.78, 5) is 23.5. The van der Waals surface area contributed by atoms with E-state index in [2.05, 4.69) is 21.9 Å². The van der Waals surface area contributed by atoms with E-state index in [0.717, 1.165) is 0 Å². The van der Waals surface area contributed by atoms with Gasteiger partial charge in [0.1, 0.15) is 6.54 Å². The molecule has 6 heteroatoms. The first-order valence-corrected chi connectivity index (χ1v) is 5.74. The number of halogens is 1. The summed E-state index contributed by atoms with van der Waals surface area (Å²) in [7, 11) is 0. The Morgan fingerprint density at radius 1 is 1.50 bits per heavy atom. The van der Waals surface area contributed by atoms with Crippen LogP contribution in [0.4, 0.5) is 5.69 Å². The Balaban J connectivity index is 3.22. The molecule has 0 aliphatic heterocycles. The van der Waals surface area contributed by atoms with Crippen LogP contribution in [-0.2, 0) is 4.79 Å². The molecule has 0 radical (unpaired) electrons. The maximum atomic E-state index is 11.3. The van der Waals surface area contributed by atoms with Crippen LogP contribution in [0.15, 0.2) is 22.7 Å². The van der Waals surface area contributed by atoms with Crippen molar-refractivity contribution in [2.75, 3.05) is 18.0 Å². The first-order chi connectivity index (χ1) is 8.45. The number of primary amides is 1. The number of carboxylic acids is 1. The molecule has 1 amide bonds. The molecule has 18 heavy (non-hydrogen) atoms. The second-order valence-corrected chi connectivity index (χ2v) is 4.40. The minimum absolute atomic E-state index is 0.0776. The number of carboxylic acid groups (broad SMARTS) is 1. The highest BCUT2D eigenvalue weighted by Gasteiger charge is 2.16. The molecule has 1 rings (SSSR count). The van der Waals surface area contributed by atoms with E-state index < -0.39 is 11.9 Å². The van der Waals surface area contributed by atoms with Crippen molar-refractivity contribution in [1.82, 2.24) is 0 Å². The normalized spacial score (nSPS) is 9.56. The van der Waals surface area contributed by atoms with Crippen LogP contribution in [0, 0.1) is 12.3 Å². The number of amides is 1. The van der Waals surface area contributed by atoms with Crippen molar-refractivity contribution in [1.29, 1.82) is 0 Å². The third kappa shape index (κ3) is 3.50. The number of terminal acetylenes is 1. The van der Waals surface area contributed by atoms with Crippen molar-refractivity contribution < 1.29 is 14.7 Å². The number of hydrogen-bond acceptors (Lipinski definition) is 3. The summed E-state index contributed by atoms with van der Waals surface area (Å²) < 4.78 is 0.677. The van der Waals surface area contributed by atoms with Gasteiger partial charge in [-0.25, -0.2) is 0 Å². The fourth-order valence-corrected chi connectivity index (χ4v) is 1.84. The maximum absolute atomic E-state index is 11.3. The smallest absolute Gasteiger partial charge is 0.323 e. The van der Waals surface area contributed by atoms with Gasteiger partial charge in [0.05, 0.1) is 17.8 Å². The van der Waals surface area contributed by atoms with Crippen LogP contribution in [0.1, 0.15) is 10.4 Å². The lowest BCUT2D eigenvalue weighted by molar-refractivity contribution is -0.135. The molecule has 1 aromatic rings. The second kappa shape index (κ2) is 6.07. The molecule has 0 atom stereocenters. The number of aliphatic carboxylic acids is 1. The van der Waals surface area contributed by atoms with Crippen molar-refractivity contribution in [2.45, 2.75) is 0 Å². The van der Waals surface area contributed by atoms with Gasteiger partial charge >= 0.3 is 5.97 Å². The van der Waals surface area contributed by atoms with Crippen LogP contribution in [0.5, 0.6) is 0 Å². The molecule has 0 aliphatic rings. The van der Waals surface area contributed by atoms with E-state index in [4.69, 9.17) is 17.3 Å². The first-order valence-electron chi connectivity index (χ1n) is 4.95. The van der Waals surface area contributed by atoms with Gasteiger partial charge in [0, 0.05) is 4.47 Å². The van der Waals surface area contributed by atoms with E-state index in [-0.39, 0.29) is 18.7 Å². The highest BCUT2D eigenvalue weighted by Crippen LogP contribution is 2.24. The molecule has 0 saturated carbocycles. The number of rotatable bonds is 5. The third-order valence-corrected chi connectivity index (χ3v) is 2.67. The van der Waals surface area contributed by atoms with E-state index in [1.165, 1.54) is 11.0 Å².